The summed E-state index contributed by atoms with van der Waals surface area (Å²) in [6.07, 6.45) is 0. The van der Waals surface area contributed by atoms with Crippen molar-refractivity contribution in [2.75, 3.05) is 19.5 Å². The molecule has 0 radical (unpaired) electrons. The number of carbonyl (C=O) groups excluding carboxylic acids is 1. The van der Waals surface area contributed by atoms with Crippen LogP contribution in [0.25, 0.3) is 10.2 Å². The van der Waals surface area contributed by atoms with Crippen molar-refractivity contribution in [2.45, 2.75) is 13.8 Å². The molecule has 6 heteroatoms. The summed E-state index contributed by atoms with van der Waals surface area (Å²) < 4.78 is 11.5. The van der Waals surface area contributed by atoms with Crippen molar-refractivity contribution in [3.63, 3.8) is 0 Å². The Kier molecular flexibility index (Phi) is 4.40. The first-order chi connectivity index (χ1) is 11.5. The Balaban J connectivity index is 1.87. The van der Waals surface area contributed by atoms with E-state index >= 15 is 0 Å². The molecule has 0 aliphatic carbocycles. The third kappa shape index (κ3) is 3.05. The van der Waals surface area contributed by atoms with Crippen molar-refractivity contribution >= 4 is 32.6 Å². The number of hydrogen-bond acceptors (Lipinski definition) is 5. The minimum atomic E-state index is -0.233. The van der Waals surface area contributed by atoms with Crippen LogP contribution in [0.5, 0.6) is 11.5 Å². The summed E-state index contributed by atoms with van der Waals surface area (Å²) in [5.41, 5.74) is 3.78. The highest BCUT2D eigenvalue weighted by Crippen LogP contribution is 2.30. The smallest absolute Gasteiger partial charge is 0.257 e. The van der Waals surface area contributed by atoms with E-state index in [-0.39, 0.29) is 5.91 Å². The van der Waals surface area contributed by atoms with Crippen LogP contribution >= 0.6 is 11.3 Å². The predicted octanol–water partition coefficient (Wildman–Crippen LogP) is 4.18. The third-order valence-electron chi connectivity index (χ3n) is 3.87. The number of nitrogens with one attached hydrogen (secondary N) is 1. The van der Waals surface area contributed by atoms with Crippen LogP contribution in [0.2, 0.25) is 0 Å². The van der Waals surface area contributed by atoms with Gasteiger partial charge in [-0.3, -0.25) is 10.1 Å². The fourth-order valence-corrected chi connectivity index (χ4v) is 3.32. The first-order valence-electron chi connectivity index (χ1n) is 7.43. The number of aryl methyl sites for hydroxylation is 2. The van der Waals surface area contributed by atoms with Gasteiger partial charge in [0.15, 0.2) is 16.6 Å². The number of fused-ring (bicyclic) bond motifs is 1. The van der Waals surface area contributed by atoms with Crippen LogP contribution in [-0.4, -0.2) is 25.1 Å². The fraction of sp³-hybridized carbons (Fsp3) is 0.222. The zero-order valence-electron chi connectivity index (χ0n) is 14.0. The standard InChI is InChI=1S/C18H18N2O3S/c1-10-7-13-16(8-11(10)2)24-18(19-13)20-17(21)12-5-6-14(22-3)15(9-12)23-4/h5-9H,1-4H3,(H,19,20,21). The number of hydrogen-bond donors (Lipinski definition) is 1. The van der Waals surface area contributed by atoms with Gasteiger partial charge in [-0.15, -0.1) is 0 Å². The Morgan fingerprint density at radius 2 is 1.75 bits per heavy atom. The molecule has 0 aliphatic heterocycles. The minimum absolute atomic E-state index is 0.233. The summed E-state index contributed by atoms with van der Waals surface area (Å²) >= 11 is 1.46. The van der Waals surface area contributed by atoms with E-state index in [4.69, 9.17) is 9.47 Å². The molecule has 0 saturated heterocycles. The number of nitrogens with zero attached hydrogens (tertiary/aromatic N) is 1. The van der Waals surface area contributed by atoms with Crippen LogP contribution in [0.4, 0.5) is 5.13 Å². The van der Waals surface area contributed by atoms with E-state index in [2.05, 4.69) is 30.2 Å². The predicted molar refractivity (Wildman–Crippen MR) is 96.6 cm³/mol. The van der Waals surface area contributed by atoms with Gasteiger partial charge in [-0.05, 0) is 55.3 Å². The summed E-state index contributed by atoms with van der Waals surface area (Å²) in [4.78, 5) is 16.9. The number of amides is 1. The second kappa shape index (κ2) is 6.49. The van der Waals surface area contributed by atoms with Crippen LogP contribution in [0, 0.1) is 13.8 Å². The Hall–Kier alpha value is -2.60. The van der Waals surface area contributed by atoms with Crippen molar-refractivity contribution in [2.24, 2.45) is 0 Å². The van der Waals surface area contributed by atoms with Gasteiger partial charge in [0.25, 0.3) is 5.91 Å². The van der Waals surface area contributed by atoms with Gasteiger partial charge in [0.1, 0.15) is 0 Å². The summed E-state index contributed by atoms with van der Waals surface area (Å²) in [6.45, 7) is 4.12. The topological polar surface area (TPSA) is 60.5 Å². The molecule has 1 heterocycles. The molecule has 5 nitrogen and oxygen atoms in total. The molecule has 1 N–H and O–H groups in total. The van der Waals surface area contributed by atoms with Gasteiger partial charge in [0, 0.05) is 5.56 Å². The highest BCUT2D eigenvalue weighted by molar-refractivity contribution is 7.22. The van der Waals surface area contributed by atoms with E-state index in [1.165, 1.54) is 29.6 Å². The van der Waals surface area contributed by atoms with E-state index in [0.717, 1.165) is 10.2 Å². The molecule has 0 saturated carbocycles. The van der Waals surface area contributed by atoms with Crippen LogP contribution in [0.1, 0.15) is 21.5 Å². The molecule has 24 heavy (non-hydrogen) atoms. The van der Waals surface area contributed by atoms with Gasteiger partial charge in [0.2, 0.25) is 0 Å². The number of anilines is 1. The first kappa shape index (κ1) is 16.3. The maximum atomic E-state index is 12.5. The quantitative estimate of drug-likeness (QED) is 0.772. The van der Waals surface area contributed by atoms with Crippen molar-refractivity contribution in [1.29, 1.82) is 0 Å². The van der Waals surface area contributed by atoms with Gasteiger partial charge >= 0.3 is 0 Å². The summed E-state index contributed by atoms with van der Waals surface area (Å²) in [7, 11) is 3.10. The summed E-state index contributed by atoms with van der Waals surface area (Å²) in [5.74, 6) is 0.865. The molecular weight excluding hydrogens is 324 g/mol. The van der Waals surface area contributed by atoms with E-state index in [1.54, 1.807) is 25.3 Å². The zero-order valence-corrected chi connectivity index (χ0v) is 14.8. The monoisotopic (exact) mass is 342 g/mol. The summed E-state index contributed by atoms with van der Waals surface area (Å²) in [5, 5.41) is 3.43. The number of thiazole rings is 1. The maximum Gasteiger partial charge on any atom is 0.257 e. The average Bonchev–Trinajstić information content (AvgIpc) is 2.95. The van der Waals surface area contributed by atoms with E-state index < -0.39 is 0 Å². The Bertz CT molecular complexity index is 879. The second-order valence-electron chi connectivity index (χ2n) is 5.45. The summed E-state index contributed by atoms with van der Waals surface area (Å²) in [6, 6.07) is 9.18. The van der Waals surface area contributed by atoms with Crippen molar-refractivity contribution in [3.05, 3.63) is 47.0 Å². The molecule has 0 spiro atoms. The van der Waals surface area contributed by atoms with E-state index in [9.17, 15) is 4.79 Å². The SMILES string of the molecule is COc1ccc(C(=O)Nc2nc3cc(C)c(C)cc3s2)cc1OC. The van der Waals surface area contributed by atoms with Crippen LogP contribution in [-0.2, 0) is 0 Å². The molecule has 2 aromatic carbocycles. The number of aromatic nitrogens is 1. The van der Waals surface area contributed by atoms with Crippen molar-refractivity contribution in [3.8, 4) is 11.5 Å². The maximum absolute atomic E-state index is 12.5. The molecule has 0 unspecified atom stereocenters. The zero-order chi connectivity index (χ0) is 17.3. The van der Waals surface area contributed by atoms with E-state index in [0.29, 0.717) is 22.2 Å². The van der Waals surface area contributed by atoms with Gasteiger partial charge in [0.05, 0.1) is 24.4 Å². The molecule has 3 rings (SSSR count). The number of benzene rings is 2. The molecule has 0 aliphatic rings. The molecule has 3 aromatic rings. The van der Waals surface area contributed by atoms with Gasteiger partial charge in [-0.2, -0.15) is 0 Å². The van der Waals surface area contributed by atoms with Crippen molar-refractivity contribution < 1.29 is 14.3 Å². The average molecular weight is 342 g/mol. The largest absolute Gasteiger partial charge is 0.493 e. The molecule has 0 atom stereocenters. The molecule has 124 valence electrons. The molecule has 1 amide bonds. The third-order valence-corrected chi connectivity index (χ3v) is 4.80. The number of ether oxygens (including phenoxy) is 2. The van der Waals surface area contributed by atoms with Gasteiger partial charge in [-0.25, -0.2) is 4.98 Å². The number of carbonyl (C=O) groups is 1. The Morgan fingerprint density at radius 3 is 2.46 bits per heavy atom. The first-order valence-corrected chi connectivity index (χ1v) is 8.24. The molecular formula is C18H18N2O3S. The lowest BCUT2D eigenvalue weighted by molar-refractivity contribution is 0.102. The Labute approximate surface area is 144 Å². The van der Waals surface area contributed by atoms with Gasteiger partial charge in [-0.1, -0.05) is 11.3 Å². The lowest BCUT2D eigenvalue weighted by atomic mass is 10.1. The fourth-order valence-electron chi connectivity index (χ4n) is 2.38. The molecule has 0 fully saturated rings. The van der Waals surface area contributed by atoms with Crippen LogP contribution in [0.15, 0.2) is 30.3 Å². The van der Waals surface area contributed by atoms with E-state index in [1.807, 2.05) is 6.07 Å². The van der Waals surface area contributed by atoms with Gasteiger partial charge < -0.3 is 9.47 Å². The highest BCUT2D eigenvalue weighted by atomic mass is 32.1. The van der Waals surface area contributed by atoms with Crippen LogP contribution < -0.4 is 14.8 Å². The lowest BCUT2D eigenvalue weighted by Crippen LogP contribution is -2.11. The van der Waals surface area contributed by atoms with Crippen molar-refractivity contribution in [1.82, 2.24) is 4.98 Å². The molecule has 0 bridgehead atoms. The normalized spacial score (nSPS) is 10.7. The molecule has 1 aromatic heterocycles. The minimum Gasteiger partial charge on any atom is -0.493 e. The second-order valence-corrected chi connectivity index (χ2v) is 6.48. The van der Waals surface area contributed by atoms with Crippen LogP contribution in [0.3, 0.4) is 0 Å². The highest BCUT2D eigenvalue weighted by Gasteiger charge is 2.13. The lowest BCUT2D eigenvalue weighted by Gasteiger charge is -2.09. The number of rotatable bonds is 4. The number of methoxy groups -OCH3 is 2. The Morgan fingerprint density at radius 1 is 1.04 bits per heavy atom.